The fraction of sp³-hybridized carbons (Fsp3) is 0.167. The van der Waals surface area contributed by atoms with Crippen molar-refractivity contribution in [3.8, 4) is 5.75 Å². The molecule has 0 spiro atoms. The van der Waals surface area contributed by atoms with Gasteiger partial charge in [-0.3, -0.25) is 0 Å². The Kier molecular flexibility index (Phi) is 4.62. The smallest absolute Gasteiger partial charge is 0.354 e. The maximum atomic E-state index is 11.9. The SMILES string of the molecule is CCOC(=O)c1cc2c(Cl)ccc(Nc3cccc(OC)c3)c2[nH]1. The summed E-state index contributed by atoms with van der Waals surface area (Å²) in [5, 5.41) is 4.63. The van der Waals surface area contributed by atoms with Crippen molar-refractivity contribution in [1.82, 2.24) is 4.98 Å². The maximum absolute atomic E-state index is 11.9. The van der Waals surface area contributed by atoms with Crippen molar-refractivity contribution in [1.29, 1.82) is 0 Å². The van der Waals surface area contributed by atoms with Crippen LogP contribution >= 0.6 is 11.6 Å². The van der Waals surface area contributed by atoms with Crippen molar-refractivity contribution in [2.75, 3.05) is 19.0 Å². The van der Waals surface area contributed by atoms with E-state index in [1.165, 1.54) is 0 Å². The first-order valence-corrected chi connectivity index (χ1v) is 7.89. The average molecular weight is 345 g/mol. The van der Waals surface area contributed by atoms with Gasteiger partial charge in [0.1, 0.15) is 11.4 Å². The number of methoxy groups -OCH3 is 1. The monoisotopic (exact) mass is 344 g/mol. The Morgan fingerprint density at radius 1 is 1.25 bits per heavy atom. The Morgan fingerprint density at radius 3 is 2.83 bits per heavy atom. The van der Waals surface area contributed by atoms with Crippen LogP contribution in [0.15, 0.2) is 42.5 Å². The molecule has 3 aromatic rings. The number of esters is 1. The standard InChI is InChI=1S/C18H17ClN2O3/c1-3-24-18(22)16-10-13-14(19)7-8-15(17(13)21-16)20-11-5-4-6-12(9-11)23-2/h4-10,20-21H,3H2,1-2H3. The molecule has 0 saturated carbocycles. The lowest BCUT2D eigenvalue weighted by molar-refractivity contribution is 0.0520. The van der Waals surface area contributed by atoms with E-state index in [1.807, 2.05) is 30.3 Å². The Morgan fingerprint density at radius 2 is 2.08 bits per heavy atom. The first-order valence-electron chi connectivity index (χ1n) is 7.51. The van der Waals surface area contributed by atoms with Crippen LogP contribution in [0.5, 0.6) is 5.75 Å². The van der Waals surface area contributed by atoms with Gasteiger partial charge in [-0.05, 0) is 37.3 Å². The van der Waals surface area contributed by atoms with E-state index in [4.69, 9.17) is 21.1 Å². The Hall–Kier alpha value is -2.66. The van der Waals surface area contributed by atoms with Gasteiger partial charge in [0.2, 0.25) is 0 Å². The molecule has 0 saturated heterocycles. The number of benzene rings is 2. The van der Waals surface area contributed by atoms with Gasteiger partial charge in [-0.1, -0.05) is 17.7 Å². The number of fused-ring (bicyclic) bond motifs is 1. The first kappa shape index (κ1) is 16.2. The number of nitrogens with one attached hydrogen (secondary N) is 2. The number of hydrogen-bond acceptors (Lipinski definition) is 4. The largest absolute Gasteiger partial charge is 0.497 e. The molecule has 24 heavy (non-hydrogen) atoms. The lowest BCUT2D eigenvalue weighted by Crippen LogP contribution is -2.04. The molecule has 0 amide bonds. The molecule has 0 unspecified atom stereocenters. The number of anilines is 2. The molecule has 0 fully saturated rings. The van der Waals surface area contributed by atoms with Gasteiger partial charge >= 0.3 is 5.97 Å². The fourth-order valence-corrected chi connectivity index (χ4v) is 2.68. The average Bonchev–Trinajstić information content (AvgIpc) is 3.04. The van der Waals surface area contributed by atoms with Gasteiger partial charge in [0, 0.05) is 17.1 Å². The van der Waals surface area contributed by atoms with Gasteiger partial charge < -0.3 is 19.8 Å². The van der Waals surface area contributed by atoms with Crippen LogP contribution in [-0.2, 0) is 4.74 Å². The summed E-state index contributed by atoms with van der Waals surface area (Å²) in [5.74, 6) is 0.348. The molecule has 124 valence electrons. The molecule has 0 aliphatic heterocycles. The molecule has 0 atom stereocenters. The third kappa shape index (κ3) is 3.16. The molecule has 5 nitrogen and oxygen atoms in total. The number of rotatable bonds is 5. The van der Waals surface area contributed by atoms with E-state index >= 15 is 0 Å². The zero-order valence-corrected chi connectivity index (χ0v) is 14.1. The minimum Gasteiger partial charge on any atom is -0.497 e. The van der Waals surface area contributed by atoms with Crippen LogP contribution in [0, 0.1) is 0 Å². The highest BCUT2D eigenvalue weighted by atomic mass is 35.5. The van der Waals surface area contributed by atoms with E-state index in [1.54, 1.807) is 26.2 Å². The number of carbonyl (C=O) groups excluding carboxylic acids is 1. The number of H-pyrrole nitrogens is 1. The van der Waals surface area contributed by atoms with Gasteiger partial charge in [0.25, 0.3) is 0 Å². The molecule has 1 heterocycles. The van der Waals surface area contributed by atoms with Gasteiger partial charge in [-0.15, -0.1) is 0 Å². The second kappa shape index (κ2) is 6.84. The van der Waals surface area contributed by atoms with Crippen LogP contribution in [0.1, 0.15) is 17.4 Å². The summed E-state index contributed by atoms with van der Waals surface area (Å²) in [6, 6.07) is 12.9. The van der Waals surface area contributed by atoms with E-state index in [0.717, 1.165) is 28.0 Å². The second-order valence-corrected chi connectivity index (χ2v) is 5.55. The summed E-state index contributed by atoms with van der Waals surface area (Å²) in [5.41, 5.74) is 2.78. The molecule has 0 aliphatic carbocycles. The fourth-order valence-electron chi connectivity index (χ4n) is 2.46. The van der Waals surface area contributed by atoms with Crippen molar-refractivity contribution in [2.24, 2.45) is 0 Å². The summed E-state index contributed by atoms with van der Waals surface area (Å²) >= 11 is 6.25. The number of aromatic amines is 1. The van der Waals surface area contributed by atoms with Crippen molar-refractivity contribution < 1.29 is 14.3 Å². The molecule has 2 N–H and O–H groups in total. The zero-order valence-electron chi connectivity index (χ0n) is 13.4. The van der Waals surface area contributed by atoms with Gasteiger partial charge in [0.05, 0.1) is 29.9 Å². The van der Waals surface area contributed by atoms with E-state index in [9.17, 15) is 4.79 Å². The number of aromatic nitrogens is 1. The topological polar surface area (TPSA) is 63.4 Å². The molecule has 0 radical (unpaired) electrons. The number of ether oxygens (including phenoxy) is 2. The molecule has 0 aliphatic rings. The first-order chi connectivity index (χ1) is 11.6. The quantitative estimate of drug-likeness (QED) is 0.655. The van der Waals surface area contributed by atoms with Gasteiger partial charge in [0.15, 0.2) is 0 Å². The lowest BCUT2D eigenvalue weighted by atomic mass is 10.2. The van der Waals surface area contributed by atoms with Crippen LogP contribution in [0.3, 0.4) is 0 Å². The minimum atomic E-state index is -0.405. The lowest BCUT2D eigenvalue weighted by Gasteiger charge is -2.09. The van der Waals surface area contributed by atoms with Crippen molar-refractivity contribution >= 4 is 39.8 Å². The molecular weight excluding hydrogens is 328 g/mol. The Bertz CT molecular complexity index is 889. The van der Waals surface area contributed by atoms with E-state index in [-0.39, 0.29) is 0 Å². The number of carbonyl (C=O) groups is 1. The normalized spacial score (nSPS) is 10.6. The number of halogens is 1. The van der Waals surface area contributed by atoms with Crippen molar-refractivity contribution in [3.63, 3.8) is 0 Å². The Labute approximate surface area is 144 Å². The van der Waals surface area contributed by atoms with E-state index in [2.05, 4.69) is 10.3 Å². The minimum absolute atomic E-state index is 0.316. The van der Waals surface area contributed by atoms with E-state index in [0.29, 0.717) is 17.3 Å². The van der Waals surface area contributed by atoms with Gasteiger partial charge in [-0.25, -0.2) is 4.79 Å². The van der Waals surface area contributed by atoms with Crippen LogP contribution in [0.25, 0.3) is 10.9 Å². The summed E-state index contributed by atoms with van der Waals surface area (Å²) in [7, 11) is 1.62. The van der Waals surface area contributed by atoms with Gasteiger partial charge in [-0.2, -0.15) is 0 Å². The van der Waals surface area contributed by atoms with Crippen molar-refractivity contribution in [2.45, 2.75) is 6.92 Å². The predicted octanol–water partition coefficient (Wildman–Crippen LogP) is 4.75. The van der Waals surface area contributed by atoms with Crippen LogP contribution in [-0.4, -0.2) is 24.7 Å². The molecule has 6 heteroatoms. The van der Waals surface area contributed by atoms with Crippen LogP contribution < -0.4 is 10.1 Å². The van der Waals surface area contributed by atoms with Crippen LogP contribution in [0.2, 0.25) is 5.02 Å². The predicted molar refractivity (Wildman–Crippen MR) is 95.5 cm³/mol. The third-order valence-corrected chi connectivity index (χ3v) is 3.91. The maximum Gasteiger partial charge on any atom is 0.354 e. The number of hydrogen-bond donors (Lipinski definition) is 2. The second-order valence-electron chi connectivity index (χ2n) is 5.14. The van der Waals surface area contributed by atoms with Crippen LogP contribution in [0.4, 0.5) is 11.4 Å². The molecule has 0 bridgehead atoms. The highest BCUT2D eigenvalue weighted by Gasteiger charge is 2.14. The molecule has 2 aromatic carbocycles. The molecule has 3 rings (SSSR count). The summed E-state index contributed by atoms with van der Waals surface area (Å²) in [4.78, 5) is 15.0. The Balaban J connectivity index is 2.01. The highest BCUT2D eigenvalue weighted by molar-refractivity contribution is 6.36. The highest BCUT2D eigenvalue weighted by Crippen LogP contribution is 2.32. The van der Waals surface area contributed by atoms with Crippen molar-refractivity contribution in [3.05, 3.63) is 53.2 Å². The third-order valence-electron chi connectivity index (χ3n) is 3.58. The summed E-state index contributed by atoms with van der Waals surface area (Å²) in [6.45, 7) is 2.08. The summed E-state index contributed by atoms with van der Waals surface area (Å²) < 4.78 is 10.3. The molecular formula is C18H17ClN2O3. The molecule has 1 aromatic heterocycles. The van der Waals surface area contributed by atoms with E-state index < -0.39 is 5.97 Å². The zero-order chi connectivity index (χ0) is 17.1. The summed E-state index contributed by atoms with van der Waals surface area (Å²) in [6.07, 6.45) is 0.